The van der Waals surface area contributed by atoms with Gasteiger partial charge in [-0.2, -0.15) is 0 Å². The van der Waals surface area contributed by atoms with Gasteiger partial charge < -0.3 is 15.0 Å². The monoisotopic (exact) mass is 573 g/mol. The van der Waals surface area contributed by atoms with Gasteiger partial charge in [-0.15, -0.1) is 0 Å². The SMILES string of the molecule is COc1ccc2c(c1F)C(=O)N(C[C@@]1(C#Cc3ccc(CN4CCN(C5CCCCC5)CC4)cc3)NC(=O)NC1=O)C2. The minimum atomic E-state index is -1.66. The molecule has 0 radical (unpaired) electrons. The molecular formula is C32H36FN5O4. The normalized spacial score (nSPS) is 23.3. The van der Waals surface area contributed by atoms with Crippen LogP contribution in [0.5, 0.6) is 5.75 Å². The number of amides is 4. The third kappa shape index (κ3) is 5.59. The first kappa shape index (κ1) is 28.2. The van der Waals surface area contributed by atoms with E-state index in [-0.39, 0.29) is 24.4 Å². The molecule has 220 valence electrons. The highest BCUT2D eigenvalue weighted by Gasteiger charge is 2.48. The summed E-state index contributed by atoms with van der Waals surface area (Å²) in [5.41, 5.74) is 0.601. The first-order chi connectivity index (χ1) is 20.3. The fourth-order valence-corrected chi connectivity index (χ4v) is 6.56. The van der Waals surface area contributed by atoms with Gasteiger partial charge in [0.25, 0.3) is 11.8 Å². The van der Waals surface area contributed by atoms with Crippen LogP contribution < -0.4 is 15.4 Å². The summed E-state index contributed by atoms with van der Waals surface area (Å²) in [4.78, 5) is 44.6. The average Bonchev–Trinajstić information content (AvgIpc) is 3.47. The lowest BCUT2D eigenvalue weighted by Gasteiger charge is -2.40. The summed E-state index contributed by atoms with van der Waals surface area (Å²) in [7, 11) is 1.33. The first-order valence-corrected chi connectivity index (χ1v) is 14.7. The number of fused-ring (bicyclic) bond motifs is 1. The Labute approximate surface area is 245 Å². The minimum Gasteiger partial charge on any atom is -0.494 e. The highest BCUT2D eigenvalue weighted by atomic mass is 19.1. The third-order valence-electron chi connectivity index (χ3n) is 8.92. The van der Waals surface area contributed by atoms with E-state index in [4.69, 9.17) is 4.74 Å². The fourth-order valence-electron chi connectivity index (χ4n) is 6.56. The second kappa shape index (κ2) is 11.7. The Hall–Kier alpha value is -3.94. The second-order valence-electron chi connectivity index (χ2n) is 11.6. The van der Waals surface area contributed by atoms with Crippen LogP contribution >= 0.6 is 0 Å². The van der Waals surface area contributed by atoms with Gasteiger partial charge in [-0.25, -0.2) is 9.18 Å². The highest BCUT2D eigenvalue weighted by Crippen LogP contribution is 2.32. The number of ether oxygens (including phenoxy) is 1. The van der Waals surface area contributed by atoms with Crippen molar-refractivity contribution in [2.75, 3.05) is 39.8 Å². The van der Waals surface area contributed by atoms with Gasteiger partial charge in [0.1, 0.15) is 0 Å². The maximum atomic E-state index is 14.8. The number of halogens is 1. The lowest BCUT2D eigenvalue weighted by molar-refractivity contribution is -0.122. The number of nitrogens with one attached hydrogen (secondary N) is 2. The summed E-state index contributed by atoms with van der Waals surface area (Å²) in [5, 5.41) is 4.82. The largest absolute Gasteiger partial charge is 0.494 e. The Morgan fingerprint density at radius 2 is 1.74 bits per heavy atom. The number of nitrogens with zero attached hydrogens (tertiary/aromatic N) is 3. The number of methoxy groups -OCH3 is 1. The van der Waals surface area contributed by atoms with Crippen LogP contribution in [0.4, 0.5) is 9.18 Å². The molecule has 42 heavy (non-hydrogen) atoms. The Kier molecular flexibility index (Phi) is 7.88. The number of carbonyl (C=O) groups is 3. The summed E-state index contributed by atoms with van der Waals surface area (Å²) in [6.07, 6.45) is 6.77. The molecule has 1 atom stereocenters. The predicted molar refractivity (Wildman–Crippen MR) is 154 cm³/mol. The van der Waals surface area contributed by atoms with Gasteiger partial charge >= 0.3 is 6.03 Å². The molecule has 2 saturated heterocycles. The van der Waals surface area contributed by atoms with E-state index in [1.54, 1.807) is 6.07 Å². The zero-order valence-electron chi connectivity index (χ0n) is 23.9. The number of benzene rings is 2. The van der Waals surface area contributed by atoms with Crippen LogP contribution in [0.15, 0.2) is 36.4 Å². The van der Waals surface area contributed by atoms with Gasteiger partial charge in [0.2, 0.25) is 5.54 Å². The molecule has 0 bridgehead atoms. The second-order valence-corrected chi connectivity index (χ2v) is 11.6. The molecule has 3 fully saturated rings. The molecule has 2 aromatic carbocycles. The number of hydrogen-bond acceptors (Lipinski definition) is 6. The molecule has 4 amide bonds. The fraction of sp³-hybridized carbons (Fsp3) is 0.469. The summed E-state index contributed by atoms with van der Waals surface area (Å²) in [6.45, 7) is 5.09. The van der Waals surface area contributed by atoms with Gasteiger partial charge in [0, 0.05) is 50.9 Å². The summed E-state index contributed by atoms with van der Waals surface area (Å²) >= 11 is 0. The van der Waals surface area contributed by atoms with Crippen molar-refractivity contribution < 1.29 is 23.5 Å². The molecule has 3 heterocycles. The van der Waals surface area contributed by atoms with E-state index >= 15 is 0 Å². The van der Waals surface area contributed by atoms with Crippen molar-refractivity contribution in [3.05, 3.63) is 64.5 Å². The molecule has 2 aromatic rings. The van der Waals surface area contributed by atoms with Crippen LogP contribution in [0.1, 0.15) is 59.2 Å². The van der Waals surface area contributed by atoms with Crippen LogP contribution in [-0.4, -0.2) is 84.0 Å². The molecule has 10 heteroatoms. The number of imide groups is 1. The van der Waals surface area contributed by atoms with Crippen LogP contribution in [0, 0.1) is 17.7 Å². The van der Waals surface area contributed by atoms with Crippen molar-refractivity contribution >= 4 is 17.8 Å². The van der Waals surface area contributed by atoms with Gasteiger partial charge in [-0.3, -0.25) is 24.7 Å². The van der Waals surface area contributed by atoms with Crippen molar-refractivity contribution in [2.24, 2.45) is 0 Å². The third-order valence-corrected chi connectivity index (χ3v) is 8.92. The number of urea groups is 1. The Morgan fingerprint density at radius 3 is 2.40 bits per heavy atom. The Morgan fingerprint density at radius 1 is 1.00 bits per heavy atom. The van der Waals surface area contributed by atoms with Crippen LogP contribution in [0.25, 0.3) is 0 Å². The highest BCUT2D eigenvalue weighted by molar-refractivity contribution is 6.10. The van der Waals surface area contributed by atoms with Crippen LogP contribution in [-0.2, 0) is 17.9 Å². The number of rotatable bonds is 6. The Balaban J connectivity index is 1.11. The first-order valence-electron chi connectivity index (χ1n) is 14.7. The Bertz CT molecular complexity index is 1440. The lowest BCUT2D eigenvalue weighted by atomic mass is 9.94. The molecule has 0 unspecified atom stereocenters. The van der Waals surface area contributed by atoms with Crippen molar-refractivity contribution in [2.45, 2.75) is 56.8 Å². The predicted octanol–water partition coefficient (Wildman–Crippen LogP) is 2.87. The quantitative estimate of drug-likeness (QED) is 0.408. The van der Waals surface area contributed by atoms with Crippen LogP contribution in [0.3, 0.4) is 0 Å². The average molecular weight is 574 g/mol. The van der Waals surface area contributed by atoms with Crippen LogP contribution in [0.2, 0.25) is 0 Å². The van der Waals surface area contributed by atoms with E-state index < -0.39 is 29.2 Å². The van der Waals surface area contributed by atoms with E-state index in [1.807, 2.05) is 24.3 Å². The van der Waals surface area contributed by atoms with E-state index in [2.05, 4.69) is 32.3 Å². The minimum absolute atomic E-state index is 0.0319. The van der Waals surface area contributed by atoms with Gasteiger partial charge in [-0.1, -0.05) is 49.3 Å². The van der Waals surface area contributed by atoms with E-state index in [1.165, 1.54) is 55.7 Å². The molecule has 2 N–H and O–H groups in total. The zero-order chi connectivity index (χ0) is 29.3. The summed E-state index contributed by atoms with van der Waals surface area (Å²) < 4.78 is 19.8. The van der Waals surface area contributed by atoms with Crippen molar-refractivity contribution in [1.82, 2.24) is 25.3 Å². The van der Waals surface area contributed by atoms with Crippen molar-refractivity contribution in [3.8, 4) is 17.6 Å². The van der Waals surface area contributed by atoms with Gasteiger partial charge in [-0.05, 0) is 42.2 Å². The zero-order valence-corrected chi connectivity index (χ0v) is 23.9. The number of piperazine rings is 1. The van der Waals surface area contributed by atoms with E-state index in [0.29, 0.717) is 11.1 Å². The lowest BCUT2D eigenvalue weighted by Crippen LogP contribution is -2.54. The van der Waals surface area contributed by atoms with E-state index in [9.17, 15) is 18.8 Å². The molecular weight excluding hydrogens is 537 g/mol. The van der Waals surface area contributed by atoms with Gasteiger partial charge in [0.15, 0.2) is 11.6 Å². The van der Waals surface area contributed by atoms with Crippen molar-refractivity contribution in [3.63, 3.8) is 0 Å². The summed E-state index contributed by atoms with van der Waals surface area (Å²) in [5.74, 6) is 3.93. The topological polar surface area (TPSA) is 94.2 Å². The molecule has 1 saturated carbocycles. The van der Waals surface area contributed by atoms with E-state index in [0.717, 1.165) is 38.8 Å². The maximum Gasteiger partial charge on any atom is 0.323 e. The number of carbonyl (C=O) groups excluding carboxylic acids is 3. The number of hydrogen-bond donors (Lipinski definition) is 2. The molecule has 9 nitrogen and oxygen atoms in total. The van der Waals surface area contributed by atoms with Crippen molar-refractivity contribution in [1.29, 1.82) is 0 Å². The molecule has 6 rings (SSSR count). The van der Waals surface area contributed by atoms with Gasteiger partial charge in [0.05, 0.1) is 19.2 Å². The molecule has 0 aromatic heterocycles. The molecule has 3 aliphatic heterocycles. The molecule has 1 aliphatic carbocycles. The standard InChI is InChI=1S/C32H36FN5O4/c1-42-26-12-11-24-20-38(29(39)27(24)28(26)33)21-32(30(40)34-31(41)35-32)14-13-22-7-9-23(10-8-22)19-36-15-17-37(18-16-36)25-5-3-2-4-6-25/h7-12,25H,2-6,15-21H2,1H3,(H2,34,35,40,41)/t32-/m1/s1. The molecule has 0 spiro atoms. The molecule has 4 aliphatic rings. The maximum absolute atomic E-state index is 14.8. The smallest absolute Gasteiger partial charge is 0.323 e. The summed E-state index contributed by atoms with van der Waals surface area (Å²) in [6, 6.07) is 11.0.